The molecule has 1 unspecified atom stereocenters. The molecule has 2 amide bonds. The van der Waals surface area contributed by atoms with Crippen LogP contribution in [-0.2, 0) is 14.3 Å². The van der Waals surface area contributed by atoms with Crippen molar-refractivity contribution in [2.75, 3.05) is 17.3 Å². The van der Waals surface area contributed by atoms with E-state index in [0.717, 1.165) is 10.8 Å². The number of nitrogens with zero attached hydrogens (tertiary/aromatic N) is 1. The summed E-state index contributed by atoms with van der Waals surface area (Å²) in [4.78, 5) is 39.3. The Hall–Kier alpha value is -3.35. The van der Waals surface area contributed by atoms with Gasteiger partial charge in [0.05, 0.1) is 18.4 Å². The monoisotopic (exact) mass is 379 g/mol. The molecule has 2 atom stereocenters. The van der Waals surface area contributed by atoms with Crippen LogP contribution in [0.5, 0.6) is 0 Å². The topological polar surface area (TPSA) is 87.7 Å². The predicted octanol–water partition coefficient (Wildman–Crippen LogP) is 2.57. The lowest BCUT2D eigenvalue weighted by Gasteiger charge is -2.31. The lowest BCUT2D eigenvalue weighted by atomic mass is 10.0. The number of ether oxygens (including phenoxy) is 1. The third-order valence-corrected chi connectivity index (χ3v) is 5.28. The van der Waals surface area contributed by atoms with Crippen molar-refractivity contribution in [2.24, 2.45) is 0 Å². The summed E-state index contributed by atoms with van der Waals surface area (Å²) in [6.45, 7) is 5.48. The van der Waals surface area contributed by atoms with Crippen molar-refractivity contribution >= 4 is 39.9 Å². The molecule has 0 radical (unpaired) electrons. The molecule has 144 valence electrons. The first-order valence-corrected chi connectivity index (χ1v) is 9.14. The van der Waals surface area contributed by atoms with Gasteiger partial charge in [-0.2, -0.15) is 0 Å². The second-order valence-electron chi connectivity index (χ2n) is 7.07. The first-order chi connectivity index (χ1) is 13.4. The first-order valence-electron chi connectivity index (χ1n) is 9.14. The lowest BCUT2D eigenvalue weighted by Crippen LogP contribution is -2.51. The highest BCUT2D eigenvalue weighted by molar-refractivity contribution is 6.29. The summed E-state index contributed by atoms with van der Waals surface area (Å²) in [5.74, 6) is -0.904. The highest BCUT2D eigenvalue weighted by Crippen LogP contribution is 2.43. The Morgan fingerprint density at radius 3 is 2.82 bits per heavy atom. The van der Waals surface area contributed by atoms with E-state index in [1.165, 1.54) is 7.11 Å². The molecule has 2 aliphatic rings. The molecular formula is C21H21N3O4. The SMILES string of the molecule is C=C1CCC(N2C(=O)c3c(N[C@@H](C)C(=O)OC)ccc4cccc2c34)C(=O)N1. The second kappa shape index (κ2) is 6.67. The van der Waals surface area contributed by atoms with Crippen LogP contribution in [0.2, 0.25) is 0 Å². The number of esters is 1. The largest absolute Gasteiger partial charge is 0.467 e. The van der Waals surface area contributed by atoms with Gasteiger partial charge in [0.1, 0.15) is 12.1 Å². The summed E-state index contributed by atoms with van der Waals surface area (Å²) in [6, 6.07) is 8.11. The van der Waals surface area contributed by atoms with Gasteiger partial charge in [0.15, 0.2) is 0 Å². The number of carbonyl (C=O) groups is 3. The van der Waals surface area contributed by atoms with Gasteiger partial charge in [-0.1, -0.05) is 24.8 Å². The van der Waals surface area contributed by atoms with Crippen LogP contribution < -0.4 is 15.5 Å². The smallest absolute Gasteiger partial charge is 0.327 e. The van der Waals surface area contributed by atoms with E-state index >= 15 is 0 Å². The zero-order valence-corrected chi connectivity index (χ0v) is 15.7. The molecule has 7 nitrogen and oxygen atoms in total. The molecule has 2 aromatic carbocycles. The van der Waals surface area contributed by atoms with Crippen molar-refractivity contribution in [3.05, 3.63) is 48.2 Å². The molecule has 0 aromatic heterocycles. The summed E-state index contributed by atoms with van der Waals surface area (Å²) in [6.07, 6.45) is 1.14. The Balaban J connectivity index is 1.79. The molecule has 1 saturated heterocycles. The molecule has 2 heterocycles. The minimum Gasteiger partial charge on any atom is -0.467 e. The van der Waals surface area contributed by atoms with Crippen LogP contribution >= 0.6 is 0 Å². The van der Waals surface area contributed by atoms with E-state index in [2.05, 4.69) is 17.2 Å². The molecule has 2 aliphatic heterocycles. The number of amides is 2. The van der Waals surface area contributed by atoms with Crippen LogP contribution in [-0.4, -0.2) is 37.0 Å². The zero-order valence-electron chi connectivity index (χ0n) is 15.7. The average Bonchev–Trinajstić information content (AvgIpc) is 2.97. The second-order valence-corrected chi connectivity index (χ2v) is 7.07. The van der Waals surface area contributed by atoms with Crippen LogP contribution in [0, 0.1) is 0 Å². The quantitative estimate of drug-likeness (QED) is 0.797. The molecule has 4 rings (SSSR count). The molecule has 0 saturated carbocycles. The number of benzene rings is 2. The molecule has 0 aliphatic carbocycles. The molecule has 2 aromatic rings. The van der Waals surface area contributed by atoms with Crippen molar-refractivity contribution in [3.8, 4) is 0 Å². The molecule has 28 heavy (non-hydrogen) atoms. The van der Waals surface area contributed by atoms with Crippen LogP contribution in [0.25, 0.3) is 10.8 Å². The Bertz CT molecular complexity index is 1030. The van der Waals surface area contributed by atoms with Gasteiger partial charge in [-0.25, -0.2) is 4.79 Å². The highest BCUT2D eigenvalue weighted by Gasteiger charge is 2.41. The van der Waals surface area contributed by atoms with E-state index in [1.807, 2.05) is 24.3 Å². The van der Waals surface area contributed by atoms with Crippen molar-refractivity contribution in [3.63, 3.8) is 0 Å². The summed E-state index contributed by atoms with van der Waals surface area (Å²) in [5.41, 5.74) is 2.39. The van der Waals surface area contributed by atoms with E-state index in [-0.39, 0.29) is 11.8 Å². The Labute approximate surface area is 162 Å². The number of hydrogen-bond donors (Lipinski definition) is 2. The predicted molar refractivity (Wildman–Crippen MR) is 106 cm³/mol. The third-order valence-electron chi connectivity index (χ3n) is 5.28. The third kappa shape index (κ3) is 2.70. The number of methoxy groups -OCH3 is 1. The summed E-state index contributed by atoms with van der Waals surface area (Å²) >= 11 is 0. The van der Waals surface area contributed by atoms with Gasteiger partial charge in [0.25, 0.3) is 5.91 Å². The summed E-state index contributed by atoms with van der Waals surface area (Å²) in [5, 5.41) is 7.51. The van der Waals surface area contributed by atoms with Crippen LogP contribution in [0.4, 0.5) is 11.4 Å². The highest BCUT2D eigenvalue weighted by atomic mass is 16.5. The molecule has 2 N–H and O–H groups in total. The number of nitrogens with one attached hydrogen (secondary N) is 2. The molecule has 0 spiro atoms. The van der Waals surface area contributed by atoms with E-state index in [4.69, 9.17) is 4.74 Å². The van der Waals surface area contributed by atoms with Crippen LogP contribution in [0.3, 0.4) is 0 Å². The van der Waals surface area contributed by atoms with Crippen molar-refractivity contribution in [2.45, 2.75) is 31.8 Å². The maximum atomic E-state index is 13.4. The number of allylic oxidation sites excluding steroid dienone is 1. The number of carbonyl (C=O) groups excluding carboxylic acids is 3. The molecule has 0 bridgehead atoms. The lowest BCUT2D eigenvalue weighted by molar-refractivity contribution is -0.141. The van der Waals surface area contributed by atoms with E-state index in [0.29, 0.717) is 35.5 Å². The van der Waals surface area contributed by atoms with Gasteiger partial charge in [0, 0.05) is 16.8 Å². The first kappa shape index (κ1) is 18.0. The zero-order chi connectivity index (χ0) is 20.0. The Morgan fingerprint density at radius 2 is 2.11 bits per heavy atom. The molecular weight excluding hydrogens is 358 g/mol. The normalized spacial score (nSPS) is 19.6. The Morgan fingerprint density at radius 1 is 1.32 bits per heavy atom. The van der Waals surface area contributed by atoms with E-state index in [1.54, 1.807) is 17.9 Å². The fraction of sp³-hybridized carbons (Fsp3) is 0.286. The van der Waals surface area contributed by atoms with Gasteiger partial charge in [-0.15, -0.1) is 0 Å². The summed E-state index contributed by atoms with van der Waals surface area (Å²) in [7, 11) is 1.32. The minimum atomic E-state index is -0.617. The maximum Gasteiger partial charge on any atom is 0.327 e. The number of hydrogen-bond acceptors (Lipinski definition) is 5. The van der Waals surface area contributed by atoms with Crippen LogP contribution in [0.15, 0.2) is 42.6 Å². The minimum absolute atomic E-state index is 0.230. The maximum absolute atomic E-state index is 13.4. The number of rotatable bonds is 4. The molecule has 7 heteroatoms. The van der Waals surface area contributed by atoms with Gasteiger partial charge in [-0.05, 0) is 37.3 Å². The fourth-order valence-electron chi connectivity index (χ4n) is 3.92. The Kier molecular flexibility index (Phi) is 4.30. The van der Waals surface area contributed by atoms with E-state index < -0.39 is 18.1 Å². The van der Waals surface area contributed by atoms with E-state index in [9.17, 15) is 14.4 Å². The van der Waals surface area contributed by atoms with Crippen LogP contribution in [0.1, 0.15) is 30.1 Å². The summed E-state index contributed by atoms with van der Waals surface area (Å²) < 4.78 is 4.77. The number of anilines is 2. The van der Waals surface area contributed by atoms with Crippen molar-refractivity contribution < 1.29 is 19.1 Å². The molecule has 1 fully saturated rings. The van der Waals surface area contributed by atoms with Gasteiger partial charge < -0.3 is 15.4 Å². The van der Waals surface area contributed by atoms with Gasteiger partial charge in [-0.3, -0.25) is 14.5 Å². The van der Waals surface area contributed by atoms with Crippen molar-refractivity contribution in [1.82, 2.24) is 5.32 Å². The fourth-order valence-corrected chi connectivity index (χ4v) is 3.92. The van der Waals surface area contributed by atoms with Gasteiger partial charge in [0.2, 0.25) is 5.91 Å². The van der Waals surface area contributed by atoms with Gasteiger partial charge >= 0.3 is 5.97 Å². The number of piperidine rings is 1. The average molecular weight is 379 g/mol. The standard InChI is InChI=1S/C21H21N3O4/c1-11-7-10-16(19(25)22-11)24-15-6-4-5-13-8-9-14(18(17(13)15)20(24)26)23-12(2)21(27)28-3/h4-6,8-9,12,16,23H,1,7,10H2,2-3H3,(H,22,25)/t12-,16?/m0/s1. The van der Waals surface area contributed by atoms with Crippen molar-refractivity contribution in [1.29, 1.82) is 0 Å².